The lowest BCUT2D eigenvalue weighted by atomic mass is 10.2. The molecule has 0 saturated heterocycles. The standard InChI is InChI=1S/C17H12ClNO3S/c18-12-7-5-11(6-8-12)9-15-17(22)19(10-16(20)21)13-3-1-2-4-14(13)23-15/h1-9H,10H2,(H,20,21). The van der Waals surface area contributed by atoms with E-state index in [4.69, 9.17) is 16.7 Å². The zero-order valence-corrected chi connectivity index (χ0v) is 13.5. The van der Waals surface area contributed by atoms with Crippen LogP contribution in [0.25, 0.3) is 6.08 Å². The highest BCUT2D eigenvalue weighted by molar-refractivity contribution is 8.04. The molecule has 0 aromatic heterocycles. The fraction of sp³-hybridized carbons (Fsp3) is 0.0588. The average Bonchev–Trinajstić information content (AvgIpc) is 2.53. The van der Waals surface area contributed by atoms with Crippen LogP contribution in [0.5, 0.6) is 0 Å². The highest BCUT2D eigenvalue weighted by Crippen LogP contribution is 2.41. The minimum Gasteiger partial charge on any atom is -0.480 e. The summed E-state index contributed by atoms with van der Waals surface area (Å²) in [7, 11) is 0. The van der Waals surface area contributed by atoms with E-state index in [0.717, 1.165) is 10.5 Å². The number of nitrogens with zero attached hydrogens (tertiary/aromatic N) is 1. The Bertz CT molecular complexity index is 802. The first-order valence-electron chi connectivity index (χ1n) is 6.82. The number of carboxylic acids is 1. The van der Waals surface area contributed by atoms with Crippen LogP contribution in [-0.4, -0.2) is 23.5 Å². The van der Waals surface area contributed by atoms with E-state index in [1.54, 1.807) is 30.3 Å². The average molecular weight is 346 g/mol. The van der Waals surface area contributed by atoms with Crippen molar-refractivity contribution in [2.75, 3.05) is 11.4 Å². The third-order valence-corrected chi connectivity index (χ3v) is 4.62. The molecule has 2 aromatic carbocycles. The summed E-state index contributed by atoms with van der Waals surface area (Å²) in [6.07, 6.45) is 1.74. The van der Waals surface area contributed by atoms with Gasteiger partial charge in [0.1, 0.15) is 6.54 Å². The van der Waals surface area contributed by atoms with Gasteiger partial charge in [0.25, 0.3) is 5.91 Å². The zero-order chi connectivity index (χ0) is 16.4. The van der Waals surface area contributed by atoms with Crippen molar-refractivity contribution in [3.63, 3.8) is 0 Å². The summed E-state index contributed by atoms with van der Waals surface area (Å²) in [6.45, 7) is -0.367. The van der Waals surface area contributed by atoms with Gasteiger partial charge in [-0.15, -0.1) is 0 Å². The van der Waals surface area contributed by atoms with E-state index < -0.39 is 5.97 Å². The number of carboxylic acid groups (broad SMARTS) is 1. The Balaban J connectivity index is 2.01. The van der Waals surface area contributed by atoms with E-state index in [1.165, 1.54) is 16.7 Å². The van der Waals surface area contributed by atoms with Crippen molar-refractivity contribution in [3.8, 4) is 0 Å². The fourth-order valence-electron chi connectivity index (χ4n) is 2.26. The van der Waals surface area contributed by atoms with Crippen LogP contribution in [0.4, 0.5) is 5.69 Å². The van der Waals surface area contributed by atoms with E-state index in [-0.39, 0.29) is 12.5 Å². The van der Waals surface area contributed by atoms with Crippen molar-refractivity contribution in [1.29, 1.82) is 0 Å². The number of thioether (sulfide) groups is 1. The van der Waals surface area contributed by atoms with Gasteiger partial charge in [0.2, 0.25) is 0 Å². The minimum absolute atomic E-state index is 0.314. The summed E-state index contributed by atoms with van der Waals surface area (Å²) in [4.78, 5) is 26.4. The smallest absolute Gasteiger partial charge is 0.323 e. The van der Waals surface area contributed by atoms with Crippen LogP contribution in [0.2, 0.25) is 5.02 Å². The molecular weight excluding hydrogens is 334 g/mol. The second kappa shape index (κ2) is 6.48. The van der Waals surface area contributed by atoms with Crippen LogP contribution < -0.4 is 4.90 Å². The van der Waals surface area contributed by atoms with Crippen molar-refractivity contribution in [2.45, 2.75) is 4.90 Å². The maximum atomic E-state index is 12.6. The number of fused-ring (bicyclic) bond motifs is 1. The molecule has 1 amide bonds. The molecule has 1 aliphatic rings. The lowest BCUT2D eigenvalue weighted by Gasteiger charge is -2.28. The number of carbonyl (C=O) groups is 2. The van der Waals surface area contributed by atoms with Gasteiger partial charge in [-0.05, 0) is 35.9 Å². The molecule has 0 bridgehead atoms. The van der Waals surface area contributed by atoms with Gasteiger partial charge < -0.3 is 5.11 Å². The topological polar surface area (TPSA) is 57.6 Å². The Morgan fingerprint density at radius 1 is 1.17 bits per heavy atom. The van der Waals surface area contributed by atoms with Crippen LogP contribution >= 0.6 is 23.4 Å². The van der Waals surface area contributed by atoms with Gasteiger partial charge >= 0.3 is 5.97 Å². The maximum Gasteiger partial charge on any atom is 0.323 e. The monoisotopic (exact) mass is 345 g/mol. The van der Waals surface area contributed by atoms with E-state index in [1.807, 2.05) is 24.3 Å². The molecule has 0 radical (unpaired) electrons. The third-order valence-electron chi connectivity index (χ3n) is 3.29. The van der Waals surface area contributed by atoms with Crippen LogP contribution in [0.1, 0.15) is 5.56 Å². The number of hydrogen-bond donors (Lipinski definition) is 1. The van der Waals surface area contributed by atoms with Crippen molar-refractivity contribution < 1.29 is 14.7 Å². The Morgan fingerprint density at radius 3 is 2.57 bits per heavy atom. The summed E-state index contributed by atoms with van der Waals surface area (Å²) in [5.74, 6) is -1.36. The van der Waals surface area contributed by atoms with E-state index in [0.29, 0.717) is 15.6 Å². The van der Waals surface area contributed by atoms with Gasteiger partial charge in [-0.3, -0.25) is 14.5 Å². The Morgan fingerprint density at radius 2 is 1.87 bits per heavy atom. The molecule has 0 atom stereocenters. The number of amides is 1. The molecule has 1 aliphatic heterocycles. The maximum absolute atomic E-state index is 12.6. The van der Waals surface area contributed by atoms with Gasteiger partial charge in [0.05, 0.1) is 10.6 Å². The van der Waals surface area contributed by atoms with Crippen molar-refractivity contribution in [1.82, 2.24) is 0 Å². The van der Waals surface area contributed by atoms with Crippen LogP contribution in [0, 0.1) is 0 Å². The van der Waals surface area contributed by atoms with Crippen LogP contribution in [0.3, 0.4) is 0 Å². The van der Waals surface area contributed by atoms with Gasteiger partial charge in [0.15, 0.2) is 0 Å². The summed E-state index contributed by atoms with van der Waals surface area (Å²) in [5.41, 5.74) is 1.46. The largest absolute Gasteiger partial charge is 0.480 e. The lowest BCUT2D eigenvalue weighted by Crippen LogP contribution is -2.38. The predicted octanol–water partition coefficient (Wildman–Crippen LogP) is 3.90. The molecule has 3 rings (SSSR count). The summed E-state index contributed by atoms with van der Waals surface area (Å²) < 4.78 is 0. The van der Waals surface area contributed by atoms with E-state index >= 15 is 0 Å². The van der Waals surface area contributed by atoms with Crippen LogP contribution in [-0.2, 0) is 9.59 Å². The first kappa shape index (κ1) is 15.6. The number of benzene rings is 2. The second-order valence-corrected chi connectivity index (χ2v) is 6.44. The Kier molecular flexibility index (Phi) is 4.41. The molecule has 6 heteroatoms. The highest BCUT2D eigenvalue weighted by atomic mass is 35.5. The van der Waals surface area contributed by atoms with Gasteiger partial charge in [0, 0.05) is 9.92 Å². The number of aliphatic carboxylic acids is 1. The molecule has 0 aliphatic carbocycles. The van der Waals surface area contributed by atoms with E-state index in [2.05, 4.69) is 0 Å². The fourth-order valence-corrected chi connectivity index (χ4v) is 3.45. The molecule has 0 unspecified atom stereocenters. The van der Waals surface area contributed by atoms with Gasteiger partial charge in [-0.1, -0.05) is 47.6 Å². The normalized spacial score (nSPS) is 15.6. The summed E-state index contributed by atoms with van der Waals surface area (Å²) in [5, 5.41) is 9.70. The van der Waals surface area contributed by atoms with Crippen molar-refractivity contribution in [3.05, 3.63) is 64.0 Å². The predicted molar refractivity (Wildman–Crippen MR) is 91.7 cm³/mol. The number of carbonyl (C=O) groups excluding carboxylic acids is 1. The summed E-state index contributed by atoms with van der Waals surface area (Å²) in [6, 6.07) is 14.4. The molecule has 0 fully saturated rings. The highest BCUT2D eigenvalue weighted by Gasteiger charge is 2.30. The Labute approximate surface area is 142 Å². The summed E-state index contributed by atoms with van der Waals surface area (Å²) >= 11 is 7.20. The minimum atomic E-state index is -1.05. The molecule has 0 saturated carbocycles. The number of halogens is 1. The molecule has 0 spiro atoms. The lowest BCUT2D eigenvalue weighted by molar-refractivity contribution is -0.136. The Hall–Kier alpha value is -2.24. The first-order valence-corrected chi connectivity index (χ1v) is 8.02. The second-order valence-electron chi connectivity index (χ2n) is 4.91. The number of para-hydroxylation sites is 1. The zero-order valence-electron chi connectivity index (χ0n) is 11.9. The van der Waals surface area contributed by atoms with E-state index in [9.17, 15) is 9.59 Å². The number of hydrogen-bond acceptors (Lipinski definition) is 3. The van der Waals surface area contributed by atoms with Crippen molar-refractivity contribution in [2.24, 2.45) is 0 Å². The molecule has 116 valence electrons. The first-order chi connectivity index (χ1) is 11.0. The van der Waals surface area contributed by atoms with Crippen LogP contribution in [0.15, 0.2) is 58.3 Å². The van der Waals surface area contributed by atoms with Gasteiger partial charge in [-0.25, -0.2) is 0 Å². The number of rotatable bonds is 3. The molecule has 1 heterocycles. The van der Waals surface area contributed by atoms with Crippen molar-refractivity contribution >= 4 is 47.0 Å². The SMILES string of the molecule is O=C(O)CN1C(=O)C(=Cc2ccc(Cl)cc2)Sc2ccccc21. The quantitative estimate of drug-likeness (QED) is 0.857. The molecule has 4 nitrogen and oxygen atoms in total. The molecule has 1 N–H and O–H groups in total. The molecule has 23 heavy (non-hydrogen) atoms. The third kappa shape index (κ3) is 3.41. The molecule has 2 aromatic rings. The number of anilines is 1. The molecular formula is C17H12ClNO3S. The van der Waals surface area contributed by atoms with Gasteiger partial charge in [-0.2, -0.15) is 0 Å².